The Labute approximate surface area is 125 Å². The number of ether oxygens (including phenoxy) is 1. The highest BCUT2D eigenvalue weighted by Crippen LogP contribution is 2.61. The van der Waals surface area contributed by atoms with Gasteiger partial charge >= 0.3 is 5.97 Å². The Balaban J connectivity index is 1.46. The van der Waals surface area contributed by atoms with Crippen molar-refractivity contribution in [3.8, 4) is 0 Å². The van der Waals surface area contributed by atoms with E-state index in [4.69, 9.17) is 4.74 Å². The third-order valence-electron chi connectivity index (χ3n) is 4.09. The van der Waals surface area contributed by atoms with E-state index in [0.717, 1.165) is 11.7 Å². The molecular formula is C13H16O3S3. The van der Waals surface area contributed by atoms with Crippen LogP contribution in [0.4, 0.5) is 4.79 Å². The largest absolute Gasteiger partial charge is 0.462 e. The molecule has 3 rings (SSSR count). The van der Waals surface area contributed by atoms with Crippen molar-refractivity contribution < 1.29 is 14.3 Å². The summed E-state index contributed by atoms with van der Waals surface area (Å²) in [4.78, 5) is 22.4. The zero-order chi connectivity index (χ0) is 13.4. The predicted octanol–water partition coefficient (Wildman–Crippen LogP) is 3.19. The fourth-order valence-corrected chi connectivity index (χ4v) is 8.10. The van der Waals surface area contributed by atoms with Gasteiger partial charge in [-0.2, -0.15) is 11.8 Å². The molecule has 1 heterocycles. The van der Waals surface area contributed by atoms with E-state index >= 15 is 0 Å². The Hall–Kier alpha value is -0.0700. The Morgan fingerprint density at radius 2 is 2.21 bits per heavy atom. The van der Waals surface area contributed by atoms with Crippen molar-refractivity contribution in [2.45, 2.75) is 28.6 Å². The Morgan fingerprint density at radius 3 is 3.00 bits per heavy atom. The van der Waals surface area contributed by atoms with Crippen molar-refractivity contribution >= 4 is 45.7 Å². The third kappa shape index (κ3) is 2.72. The van der Waals surface area contributed by atoms with Crippen molar-refractivity contribution in [2.24, 2.45) is 11.8 Å². The first-order chi connectivity index (χ1) is 9.19. The van der Waals surface area contributed by atoms with Gasteiger partial charge < -0.3 is 4.74 Å². The smallest absolute Gasteiger partial charge is 0.330 e. The van der Waals surface area contributed by atoms with E-state index in [0.29, 0.717) is 32.7 Å². The highest BCUT2D eigenvalue weighted by Gasteiger charge is 2.57. The summed E-state index contributed by atoms with van der Waals surface area (Å²) in [6.45, 7) is 3.83. The summed E-state index contributed by atoms with van der Waals surface area (Å²) in [5.41, 5.74) is 0. The van der Waals surface area contributed by atoms with Crippen LogP contribution in [-0.4, -0.2) is 38.5 Å². The fourth-order valence-electron chi connectivity index (χ4n) is 3.36. The van der Waals surface area contributed by atoms with Crippen LogP contribution < -0.4 is 0 Å². The summed E-state index contributed by atoms with van der Waals surface area (Å²) in [5.74, 6) is 1.91. The van der Waals surface area contributed by atoms with Crippen molar-refractivity contribution in [2.75, 3.05) is 12.4 Å². The maximum Gasteiger partial charge on any atom is 0.330 e. The summed E-state index contributed by atoms with van der Waals surface area (Å²) < 4.78 is 5.31. The predicted molar refractivity (Wildman–Crippen MR) is 81.8 cm³/mol. The minimum absolute atomic E-state index is 0.315. The number of carbonyl (C=O) groups excluding carboxylic acids is 2. The summed E-state index contributed by atoms with van der Waals surface area (Å²) in [6, 6.07) is 0. The molecule has 5 atom stereocenters. The molecule has 2 saturated carbocycles. The van der Waals surface area contributed by atoms with E-state index in [1.807, 2.05) is 11.8 Å². The van der Waals surface area contributed by atoms with Gasteiger partial charge in [0.15, 0.2) is 0 Å². The van der Waals surface area contributed by atoms with E-state index in [2.05, 4.69) is 6.58 Å². The molecule has 2 aliphatic carbocycles. The highest BCUT2D eigenvalue weighted by molar-refractivity contribution is 8.41. The summed E-state index contributed by atoms with van der Waals surface area (Å²) in [7, 11) is 0. The van der Waals surface area contributed by atoms with Gasteiger partial charge in [-0.3, -0.25) is 4.79 Å². The molecule has 0 amide bonds. The average Bonchev–Trinajstić information content (AvgIpc) is 3.04. The molecule has 3 fully saturated rings. The lowest BCUT2D eigenvalue weighted by Crippen LogP contribution is -2.31. The van der Waals surface area contributed by atoms with Crippen LogP contribution in [0.5, 0.6) is 0 Å². The molecule has 5 unspecified atom stereocenters. The number of esters is 1. The van der Waals surface area contributed by atoms with Gasteiger partial charge in [-0.25, -0.2) is 4.79 Å². The molecule has 2 bridgehead atoms. The van der Waals surface area contributed by atoms with Crippen LogP contribution in [-0.2, 0) is 9.53 Å². The van der Waals surface area contributed by atoms with Crippen LogP contribution in [0.15, 0.2) is 12.7 Å². The van der Waals surface area contributed by atoms with Gasteiger partial charge in [0.05, 0.1) is 0 Å². The van der Waals surface area contributed by atoms with Gasteiger partial charge in [0.25, 0.3) is 0 Å². The van der Waals surface area contributed by atoms with E-state index in [1.165, 1.54) is 18.9 Å². The number of fused-ring (bicyclic) bond motifs is 5. The second-order valence-corrected chi connectivity index (χ2v) is 9.00. The zero-order valence-corrected chi connectivity index (χ0v) is 12.9. The number of carbonyl (C=O) groups is 2. The fraction of sp³-hybridized carbons (Fsp3) is 0.692. The second-order valence-electron chi connectivity index (χ2n) is 5.09. The van der Waals surface area contributed by atoms with Crippen molar-refractivity contribution in [1.29, 1.82) is 0 Å². The first kappa shape index (κ1) is 13.9. The molecule has 3 nitrogen and oxygen atoms in total. The topological polar surface area (TPSA) is 43.4 Å². The lowest BCUT2D eigenvalue weighted by atomic mass is 9.99. The van der Waals surface area contributed by atoms with Crippen LogP contribution in [0.3, 0.4) is 0 Å². The van der Waals surface area contributed by atoms with Crippen molar-refractivity contribution in [3.63, 3.8) is 0 Å². The maximum atomic E-state index is 11.5. The van der Waals surface area contributed by atoms with Crippen LogP contribution in [0, 0.1) is 11.8 Å². The van der Waals surface area contributed by atoms with E-state index < -0.39 is 0 Å². The van der Waals surface area contributed by atoms with Gasteiger partial charge in [0.2, 0.25) is 4.45 Å². The maximum absolute atomic E-state index is 11.5. The van der Waals surface area contributed by atoms with Crippen molar-refractivity contribution in [3.05, 3.63) is 12.7 Å². The molecule has 0 aromatic carbocycles. The minimum atomic E-state index is -0.345. The molecule has 1 saturated heterocycles. The molecule has 0 aromatic heterocycles. The summed E-state index contributed by atoms with van der Waals surface area (Å²) in [5, 5.41) is 1.77. The second kappa shape index (κ2) is 5.74. The molecule has 1 aliphatic heterocycles. The van der Waals surface area contributed by atoms with E-state index in [-0.39, 0.29) is 5.97 Å². The van der Waals surface area contributed by atoms with Crippen LogP contribution in [0.1, 0.15) is 12.8 Å². The molecule has 0 spiro atoms. The van der Waals surface area contributed by atoms with Crippen LogP contribution in [0.25, 0.3) is 0 Å². The van der Waals surface area contributed by atoms with E-state index in [9.17, 15) is 9.59 Å². The number of thioether (sulfide) groups is 3. The Bertz CT molecular complexity index is 412. The first-order valence-corrected chi connectivity index (χ1v) is 9.28. The minimum Gasteiger partial charge on any atom is -0.462 e. The molecule has 0 aromatic rings. The molecule has 0 N–H and O–H groups in total. The zero-order valence-electron chi connectivity index (χ0n) is 10.4. The molecule has 0 radical (unpaired) electrons. The summed E-state index contributed by atoms with van der Waals surface area (Å²) >= 11 is 5.04. The average molecular weight is 316 g/mol. The molecule has 3 aliphatic rings. The Kier molecular flexibility index (Phi) is 4.19. The van der Waals surface area contributed by atoms with Gasteiger partial charge in [0.1, 0.15) is 6.61 Å². The Morgan fingerprint density at radius 1 is 1.42 bits per heavy atom. The quantitative estimate of drug-likeness (QED) is 0.441. The van der Waals surface area contributed by atoms with Crippen molar-refractivity contribution in [1.82, 2.24) is 0 Å². The van der Waals surface area contributed by atoms with Gasteiger partial charge in [-0.1, -0.05) is 30.1 Å². The lowest BCUT2D eigenvalue weighted by molar-refractivity contribution is -0.137. The molecule has 6 heteroatoms. The summed E-state index contributed by atoms with van der Waals surface area (Å²) in [6.07, 6.45) is 3.71. The third-order valence-corrected chi connectivity index (χ3v) is 8.46. The van der Waals surface area contributed by atoms with Gasteiger partial charge in [-0.05, 0) is 24.7 Å². The number of rotatable bonds is 5. The lowest BCUT2D eigenvalue weighted by Gasteiger charge is -2.29. The van der Waals surface area contributed by atoms with E-state index in [1.54, 1.807) is 23.5 Å². The molecule has 104 valence electrons. The highest BCUT2D eigenvalue weighted by atomic mass is 32.2. The molecule has 19 heavy (non-hydrogen) atoms. The number of hydrogen-bond donors (Lipinski definition) is 0. The van der Waals surface area contributed by atoms with Crippen LogP contribution >= 0.6 is 35.3 Å². The normalized spacial score (nSPS) is 39.4. The standard InChI is InChI=1S/C13H16O3S3/c1-2-10(14)16-3-4-17-9-6-7-5-8(9)12-11(7)18-13(15)19-12/h2,7-9,11-12H,1,3-6H2. The SMILES string of the molecule is C=CC(=O)OCCSC1CC2CC1C1SC(=O)SC21. The number of hydrogen-bond acceptors (Lipinski definition) is 6. The first-order valence-electron chi connectivity index (χ1n) is 6.47. The van der Waals surface area contributed by atoms with Gasteiger partial charge in [-0.15, -0.1) is 0 Å². The monoisotopic (exact) mass is 316 g/mol. The van der Waals surface area contributed by atoms with Gasteiger partial charge in [0, 0.05) is 27.6 Å². The van der Waals surface area contributed by atoms with Crippen LogP contribution in [0.2, 0.25) is 0 Å². The molecular weight excluding hydrogens is 300 g/mol.